The van der Waals surface area contributed by atoms with Crippen molar-refractivity contribution in [1.29, 1.82) is 5.26 Å². The number of hydrogen-bond acceptors (Lipinski definition) is 4. The average molecular weight is 245 g/mol. The molecule has 0 radical (unpaired) electrons. The molecule has 0 fully saturated rings. The lowest BCUT2D eigenvalue weighted by atomic mass is 10.1. The molecule has 1 heterocycles. The van der Waals surface area contributed by atoms with E-state index in [-0.39, 0.29) is 0 Å². The highest BCUT2D eigenvalue weighted by Gasteiger charge is 2.06. The van der Waals surface area contributed by atoms with Gasteiger partial charge in [0.15, 0.2) is 5.82 Å². The molecule has 2 aromatic rings. The Morgan fingerprint density at radius 1 is 1.29 bits per heavy atom. The molecule has 2 rings (SSSR count). The molecule has 84 valence electrons. The molecular weight excluding hydrogens is 236 g/mol. The summed E-state index contributed by atoms with van der Waals surface area (Å²) in [4.78, 5) is 4.26. The largest absolute Gasteiger partial charge is 0.307 e. The molecule has 3 N–H and O–H groups in total. The molecule has 0 atom stereocenters. The second kappa shape index (κ2) is 4.83. The van der Waals surface area contributed by atoms with Crippen LogP contribution in [0, 0.1) is 11.3 Å². The van der Waals surface area contributed by atoms with Crippen LogP contribution in [-0.2, 0) is 0 Å². The van der Waals surface area contributed by atoms with Gasteiger partial charge in [0.1, 0.15) is 6.07 Å². The van der Waals surface area contributed by atoms with Crippen molar-refractivity contribution in [2.75, 3.05) is 5.43 Å². The molecule has 5 heteroatoms. The summed E-state index contributed by atoms with van der Waals surface area (Å²) in [5.74, 6) is 5.67. The van der Waals surface area contributed by atoms with E-state index in [1.54, 1.807) is 24.3 Å². The number of pyridine rings is 1. The molecule has 1 aromatic carbocycles. The molecule has 0 bridgehead atoms. The Morgan fingerprint density at radius 2 is 2.12 bits per heavy atom. The van der Waals surface area contributed by atoms with Gasteiger partial charge in [0, 0.05) is 10.6 Å². The van der Waals surface area contributed by atoms with Crippen LogP contribution in [0.15, 0.2) is 36.4 Å². The van der Waals surface area contributed by atoms with E-state index < -0.39 is 0 Å². The zero-order chi connectivity index (χ0) is 12.3. The number of nitriles is 1. The van der Waals surface area contributed by atoms with Crippen molar-refractivity contribution >= 4 is 17.4 Å². The molecule has 0 spiro atoms. The van der Waals surface area contributed by atoms with Crippen molar-refractivity contribution in [2.45, 2.75) is 0 Å². The molecule has 0 saturated carbocycles. The highest BCUT2D eigenvalue weighted by molar-refractivity contribution is 6.30. The fourth-order valence-electron chi connectivity index (χ4n) is 1.47. The first kappa shape index (κ1) is 11.4. The van der Waals surface area contributed by atoms with E-state index in [2.05, 4.69) is 10.4 Å². The maximum absolute atomic E-state index is 8.85. The Hall–Kier alpha value is -2.09. The SMILES string of the molecule is N#Cc1ccc(-c2cccc(Cl)c2)nc1NN. The van der Waals surface area contributed by atoms with Crippen LogP contribution in [0.4, 0.5) is 5.82 Å². The van der Waals surface area contributed by atoms with Gasteiger partial charge in [-0.05, 0) is 24.3 Å². The monoisotopic (exact) mass is 244 g/mol. The van der Waals surface area contributed by atoms with Crippen LogP contribution in [0.1, 0.15) is 5.56 Å². The van der Waals surface area contributed by atoms with Gasteiger partial charge < -0.3 is 5.43 Å². The predicted molar refractivity (Wildman–Crippen MR) is 67.2 cm³/mol. The fraction of sp³-hybridized carbons (Fsp3) is 0. The van der Waals surface area contributed by atoms with Gasteiger partial charge in [-0.25, -0.2) is 10.8 Å². The summed E-state index contributed by atoms with van der Waals surface area (Å²) in [5, 5.41) is 9.48. The number of nitrogen functional groups attached to an aromatic ring is 1. The van der Waals surface area contributed by atoms with Crippen LogP contribution >= 0.6 is 11.6 Å². The number of halogens is 1. The molecule has 0 saturated heterocycles. The minimum atomic E-state index is 0.352. The number of hydrogen-bond donors (Lipinski definition) is 2. The molecule has 0 aliphatic carbocycles. The third-order valence-corrected chi connectivity index (χ3v) is 2.51. The summed E-state index contributed by atoms with van der Waals surface area (Å²) in [5.41, 5.74) is 4.39. The third kappa shape index (κ3) is 2.36. The van der Waals surface area contributed by atoms with Crippen LogP contribution in [0.25, 0.3) is 11.3 Å². The van der Waals surface area contributed by atoms with Crippen LogP contribution < -0.4 is 11.3 Å². The number of hydrazine groups is 1. The normalized spacial score (nSPS) is 9.71. The Bertz CT molecular complexity index is 589. The number of anilines is 1. The topological polar surface area (TPSA) is 74.7 Å². The first-order valence-electron chi connectivity index (χ1n) is 4.88. The van der Waals surface area contributed by atoms with Crippen molar-refractivity contribution < 1.29 is 0 Å². The van der Waals surface area contributed by atoms with Crippen LogP contribution in [0.3, 0.4) is 0 Å². The average Bonchev–Trinajstić information content (AvgIpc) is 2.38. The van der Waals surface area contributed by atoms with Crippen LogP contribution in [-0.4, -0.2) is 4.98 Å². The minimum Gasteiger partial charge on any atom is -0.307 e. The number of nitrogens with one attached hydrogen (secondary N) is 1. The molecule has 4 nitrogen and oxygen atoms in total. The molecule has 0 aliphatic heterocycles. The van der Waals surface area contributed by atoms with Gasteiger partial charge in [-0.15, -0.1) is 0 Å². The number of aromatic nitrogens is 1. The van der Waals surface area contributed by atoms with Crippen molar-refractivity contribution in [2.24, 2.45) is 5.84 Å². The number of nitrogens with zero attached hydrogens (tertiary/aromatic N) is 2. The Labute approximate surface area is 104 Å². The Morgan fingerprint density at radius 3 is 2.76 bits per heavy atom. The van der Waals surface area contributed by atoms with Crippen molar-refractivity contribution in [3.8, 4) is 17.3 Å². The van der Waals surface area contributed by atoms with Gasteiger partial charge in [-0.3, -0.25) is 0 Å². The summed E-state index contributed by atoms with van der Waals surface area (Å²) < 4.78 is 0. The van der Waals surface area contributed by atoms with E-state index in [4.69, 9.17) is 22.7 Å². The Balaban J connectivity index is 2.51. The number of benzene rings is 1. The van der Waals surface area contributed by atoms with Crippen LogP contribution in [0.5, 0.6) is 0 Å². The zero-order valence-electron chi connectivity index (χ0n) is 8.81. The number of nitrogens with two attached hydrogens (primary N) is 1. The van der Waals surface area contributed by atoms with Gasteiger partial charge in [0.2, 0.25) is 0 Å². The van der Waals surface area contributed by atoms with E-state index in [0.717, 1.165) is 5.56 Å². The van der Waals surface area contributed by atoms with Gasteiger partial charge in [-0.2, -0.15) is 5.26 Å². The van der Waals surface area contributed by atoms with E-state index in [1.807, 2.05) is 18.2 Å². The molecule has 1 aromatic heterocycles. The number of rotatable bonds is 2. The summed E-state index contributed by atoms with van der Waals surface area (Å²) in [6.07, 6.45) is 0. The standard InChI is InChI=1S/C12H9ClN4/c13-10-3-1-2-8(6-10)11-5-4-9(7-14)12(16-11)17-15/h1-6H,15H2,(H,16,17). The maximum atomic E-state index is 8.85. The fourth-order valence-corrected chi connectivity index (χ4v) is 1.66. The lowest BCUT2D eigenvalue weighted by Gasteiger charge is -2.06. The van der Waals surface area contributed by atoms with E-state index in [9.17, 15) is 0 Å². The van der Waals surface area contributed by atoms with E-state index in [0.29, 0.717) is 22.1 Å². The lowest BCUT2D eigenvalue weighted by Crippen LogP contribution is -2.10. The minimum absolute atomic E-state index is 0.352. The van der Waals surface area contributed by atoms with Crippen molar-refractivity contribution in [3.63, 3.8) is 0 Å². The first-order valence-corrected chi connectivity index (χ1v) is 5.26. The predicted octanol–water partition coefficient (Wildman–Crippen LogP) is 2.56. The summed E-state index contributed by atoms with van der Waals surface area (Å²) in [6, 6.07) is 12.7. The van der Waals surface area contributed by atoms with Crippen LogP contribution in [0.2, 0.25) is 5.02 Å². The van der Waals surface area contributed by atoms with Gasteiger partial charge in [-0.1, -0.05) is 23.7 Å². The second-order valence-corrected chi connectivity index (χ2v) is 3.80. The van der Waals surface area contributed by atoms with Gasteiger partial charge >= 0.3 is 0 Å². The highest BCUT2D eigenvalue weighted by atomic mass is 35.5. The molecule has 0 aliphatic rings. The van der Waals surface area contributed by atoms with E-state index >= 15 is 0 Å². The smallest absolute Gasteiger partial charge is 0.158 e. The maximum Gasteiger partial charge on any atom is 0.158 e. The van der Waals surface area contributed by atoms with Gasteiger partial charge in [0.25, 0.3) is 0 Å². The summed E-state index contributed by atoms with van der Waals surface area (Å²) in [6.45, 7) is 0. The lowest BCUT2D eigenvalue weighted by molar-refractivity contribution is 1.21. The molecular formula is C12H9ClN4. The van der Waals surface area contributed by atoms with Crippen molar-refractivity contribution in [1.82, 2.24) is 4.98 Å². The molecule has 17 heavy (non-hydrogen) atoms. The second-order valence-electron chi connectivity index (χ2n) is 3.36. The highest BCUT2D eigenvalue weighted by Crippen LogP contribution is 2.23. The zero-order valence-corrected chi connectivity index (χ0v) is 9.57. The van der Waals surface area contributed by atoms with E-state index in [1.165, 1.54) is 0 Å². The third-order valence-electron chi connectivity index (χ3n) is 2.27. The Kier molecular flexibility index (Phi) is 3.24. The summed E-state index contributed by atoms with van der Waals surface area (Å²) in [7, 11) is 0. The van der Waals surface area contributed by atoms with Gasteiger partial charge in [0.05, 0.1) is 11.3 Å². The quantitative estimate of drug-likeness (QED) is 0.629. The molecule has 0 unspecified atom stereocenters. The first-order chi connectivity index (χ1) is 8.24. The molecule has 0 amide bonds. The summed E-state index contributed by atoms with van der Waals surface area (Å²) >= 11 is 5.91. The van der Waals surface area contributed by atoms with Crippen molar-refractivity contribution in [3.05, 3.63) is 47.0 Å².